The minimum absolute atomic E-state index is 0.316. The van der Waals surface area contributed by atoms with Gasteiger partial charge in [-0.25, -0.2) is 14.5 Å². The molecule has 3 aromatic heterocycles. The smallest absolute Gasteiger partial charge is 0.218 e. The second-order valence-electron chi connectivity index (χ2n) is 3.15. The second-order valence-corrected chi connectivity index (χ2v) is 3.15. The maximum atomic E-state index is 8.86. The molecule has 0 aliphatic rings. The van der Waals surface area contributed by atoms with Crippen LogP contribution in [0, 0.1) is 11.3 Å². The average molecular weight is 210 g/mol. The standard InChI is InChI=1S/C10H6N6/c11-7-10-12-4-6-15(10)8-2-5-16-9(14-8)1-3-13-16/h1-6H. The van der Waals surface area contributed by atoms with E-state index < -0.39 is 0 Å². The Morgan fingerprint density at radius 1 is 1.19 bits per heavy atom. The molecule has 0 amide bonds. The summed E-state index contributed by atoms with van der Waals surface area (Å²) in [5.41, 5.74) is 0.732. The second kappa shape index (κ2) is 3.17. The first-order chi connectivity index (χ1) is 7.88. The van der Waals surface area contributed by atoms with E-state index in [1.165, 1.54) is 0 Å². The SMILES string of the molecule is N#Cc1nccn1-c1ccn2nccc2n1. The van der Waals surface area contributed by atoms with Crippen molar-refractivity contribution in [3.63, 3.8) is 0 Å². The molecule has 6 nitrogen and oxygen atoms in total. The van der Waals surface area contributed by atoms with Crippen molar-refractivity contribution in [1.82, 2.24) is 24.1 Å². The number of nitrogens with zero attached hydrogens (tertiary/aromatic N) is 6. The lowest BCUT2D eigenvalue weighted by Crippen LogP contribution is -2.01. The molecule has 3 aromatic rings. The van der Waals surface area contributed by atoms with Gasteiger partial charge >= 0.3 is 0 Å². The molecule has 0 saturated heterocycles. The fourth-order valence-corrected chi connectivity index (χ4v) is 1.51. The number of fused-ring (bicyclic) bond motifs is 1. The van der Waals surface area contributed by atoms with Gasteiger partial charge < -0.3 is 0 Å². The number of imidazole rings is 1. The highest BCUT2D eigenvalue weighted by Gasteiger charge is 2.05. The molecule has 76 valence electrons. The van der Waals surface area contributed by atoms with E-state index in [1.54, 1.807) is 46.0 Å². The summed E-state index contributed by atoms with van der Waals surface area (Å²) in [6, 6.07) is 5.58. The van der Waals surface area contributed by atoms with E-state index in [0.717, 1.165) is 5.65 Å². The molecule has 0 N–H and O–H groups in total. The summed E-state index contributed by atoms with van der Waals surface area (Å²) in [6.07, 6.45) is 6.73. The highest BCUT2D eigenvalue weighted by atomic mass is 15.3. The molecular weight excluding hydrogens is 204 g/mol. The highest BCUT2D eigenvalue weighted by Crippen LogP contribution is 2.08. The van der Waals surface area contributed by atoms with Gasteiger partial charge in [0.1, 0.15) is 11.9 Å². The lowest BCUT2D eigenvalue weighted by molar-refractivity contribution is 0.903. The Kier molecular flexibility index (Phi) is 1.71. The van der Waals surface area contributed by atoms with Crippen LogP contribution in [0.3, 0.4) is 0 Å². The van der Waals surface area contributed by atoms with Crippen LogP contribution < -0.4 is 0 Å². The van der Waals surface area contributed by atoms with Gasteiger partial charge in [0.2, 0.25) is 5.82 Å². The van der Waals surface area contributed by atoms with Crippen LogP contribution in [0.5, 0.6) is 0 Å². The maximum absolute atomic E-state index is 8.86. The van der Waals surface area contributed by atoms with Gasteiger partial charge in [0, 0.05) is 24.7 Å². The first-order valence-corrected chi connectivity index (χ1v) is 4.63. The normalized spacial score (nSPS) is 10.4. The molecule has 0 spiro atoms. The molecule has 3 heterocycles. The topological polar surface area (TPSA) is 71.8 Å². The van der Waals surface area contributed by atoms with Gasteiger partial charge in [-0.1, -0.05) is 0 Å². The van der Waals surface area contributed by atoms with Crippen molar-refractivity contribution in [2.24, 2.45) is 0 Å². The van der Waals surface area contributed by atoms with Crippen molar-refractivity contribution in [2.45, 2.75) is 0 Å². The van der Waals surface area contributed by atoms with Crippen LogP contribution in [0.25, 0.3) is 11.5 Å². The predicted molar refractivity (Wildman–Crippen MR) is 54.8 cm³/mol. The van der Waals surface area contributed by atoms with Crippen LogP contribution in [0.1, 0.15) is 5.82 Å². The van der Waals surface area contributed by atoms with E-state index in [9.17, 15) is 0 Å². The van der Waals surface area contributed by atoms with E-state index in [2.05, 4.69) is 15.1 Å². The van der Waals surface area contributed by atoms with Gasteiger partial charge in [-0.05, 0) is 6.07 Å². The van der Waals surface area contributed by atoms with Gasteiger partial charge in [0.05, 0.1) is 6.20 Å². The third kappa shape index (κ3) is 1.15. The zero-order chi connectivity index (χ0) is 11.0. The predicted octanol–water partition coefficient (Wildman–Crippen LogP) is 0.787. The lowest BCUT2D eigenvalue weighted by Gasteiger charge is -2.02. The molecule has 0 atom stereocenters. The molecule has 0 bridgehead atoms. The Morgan fingerprint density at radius 2 is 2.12 bits per heavy atom. The molecule has 16 heavy (non-hydrogen) atoms. The first kappa shape index (κ1) is 8.61. The third-order valence-corrected chi connectivity index (χ3v) is 2.23. The Morgan fingerprint density at radius 3 is 3.00 bits per heavy atom. The Hall–Kier alpha value is -2.68. The van der Waals surface area contributed by atoms with E-state index in [1.807, 2.05) is 6.07 Å². The molecule has 0 aliphatic carbocycles. The fraction of sp³-hybridized carbons (Fsp3) is 0. The van der Waals surface area contributed by atoms with Crippen molar-refractivity contribution in [3.05, 3.63) is 42.7 Å². The molecule has 0 unspecified atom stereocenters. The Labute approximate surface area is 90.4 Å². The quantitative estimate of drug-likeness (QED) is 0.595. The zero-order valence-electron chi connectivity index (χ0n) is 8.15. The summed E-state index contributed by atoms with van der Waals surface area (Å²) in [5.74, 6) is 0.971. The summed E-state index contributed by atoms with van der Waals surface area (Å²) in [5, 5.41) is 12.9. The van der Waals surface area contributed by atoms with Gasteiger partial charge in [0.25, 0.3) is 0 Å². The van der Waals surface area contributed by atoms with E-state index in [4.69, 9.17) is 5.26 Å². The van der Waals surface area contributed by atoms with E-state index in [0.29, 0.717) is 11.6 Å². The van der Waals surface area contributed by atoms with Crippen LogP contribution in [0.15, 0.2) is 36.9 Å². The molecule has 0 aromatic carbocycles. The van der Waals surface area contributed by atoms with Crippen LogP contribution in [0.2, 0.25) is 0 Å². The monoisotopic (exact) mass is 210 g/mol. The average Bonchev–Trinajstić information content (AvgIpc) is 2.96. The summed E-state index contributed by atoms with van der Waals surface area (Å²) < 4.78 is 3.29. The molecule has 0 saturated carbocycles. The largest absolute Gasteiger partial charge is 0.275 e. The molecule has 0 radical (unpaired) electrons. The van der Waals surface area contributed by atoms with E-state index >= 15 is 0 Å². The summed E-state index contributed by atoms with van der Waals surface area (Å²) in [4.78, 5) is 8.28. The number of aromatic nitrogens is 5. The number of hydrogen-bond acceptors (Lipinski definition) is 4. The van der Waals surface area contributed by atoms with Gasteiger partial charge in [0.15, 0.2) is 5.65 Å². The molecular formula is C10H6N6. The molecule has 0 aliphatic heterocycles. The molecule has 0 fully saturated rings. The van der Waals surface area contributed by atoms with Crippen LogP contribution in [-0.2, 0) is 0 Å². The maximum Gasteiger partial charge on any atom is 0.218 e. The Bertz CT molecular complexity index is 686. The third-order valence-electron chi connectivity index (χ3n) is 2.23. The van der Waals surface area contributed by atoms with Crippen molar-refractivity contribution in [3.8, 4) is 11.9 Å². The fourth-order valence-electron chi connectivity index (χ4n) is 1.51. The van der Waals surface area contributed by atoms with Crippen molar-refractivity contribution < 1.29 is 0 Å². The first-order valence-electron chi connectivity index (χ1n) is 4.63. The van der Waals surface area contributed by atoms with Crippen LogP contribution in [0.4, 0.5) is 0 Å². The number of rotatable bonds is 1. The molecule has 3 rings (SSSR count). The highest BCUT2D eigenvalue weighted by molar-refractivity contribution is 5.41. The summed E-state index contributed by atoms with van der Waals surface area (Å²) in [7, 11) is 0. The van der Waals surface area contributed by atoms with Crippen LogP contribution >= 0.6 is 0 Å². The van der Waals surface area contributed by atoms with Crippen LogP contribution in [-0.4, -0.2) is 24.1 Å². The number of hydrogen-bond donors (Lipinski definition) is 0. The van der Waals surface area contributed by atoms with Gasteiger partial charge in [-0.3, -0.25) is 4.57 Å². The van der Waals surface area contributed by atoms with Crippen molar-refractivity contribution in [2.75, 3.05) is 0 Å². The zero-order valence-corrected chi connectivity index (χ0v) is 8.15. The lowest BCUT2D eigenvalue weighted by atomic mass is 10.5. The van der Waals surface area contributed by atoms with Gasteiger partial charge in [-0.2, -0.15) is 10.4 Å². The Balaban J connectivity index is 2.22. The van der Waals surface area contributed by atoms with Crippen molar-refractivity contribution in [1.29, 1.82) is 5.26 Å². The van der Waals surface area contributed by atoms with Crippen molar-refractivity contribution >= 4 is 5.65 Å². The summed E-state index contributed by atoms with van der Waals surface area (Å²) in [6.45, 7) is 0. The minimum atomic E-state index is 0.316. The minimum Gasteiger partial charge on any atom is -0.275 e. The number of nitriles is 1. The summed E-state index contributed by atoms with van der Waals surface area (Å²) >= 11 is 0. The van der Waals surface area contributed by atoms with E-state index in [-0.39, 0.29) is 0 Å². The molecule has 6 heteroatoms. The van der Waals surface area contributed by atoms with Gasteiger partial charge in [-0.15, -0.1) is 0 Å².